The molecule has 1 saturated carbocycles. The second-order valence-electron chi connectivity index (χ2n) is 11.1. The van der Waals surface area contributed by atoms with Crippen LogP contribution in [-0.2, 0) is 33.7 Å². The van der Waals surface area contributed by atoms with E-state index >= 15 is 0 Å². The van der Waals surface area contributed by atoms with Gasteiger partial charge in [-0.2, -0.15) is 13.2 Å². The Labute approximate surface area is 229 Å². The lowest BCUT2D eigenvalue weighted by atomic mass is 9.72. The zero-order valence-electron chi connectivity index (χ0n) is 22.2. The van der Waals surface area contributed by atoms with Crippen LogP contribution in [0.2, 0.25) is 0 Å². The summed E-state index contributed by atoms with van der Waals surface area (Å²) in [5.74, 6) is -1.64. The van der Waals surface area contributed by atoms with E-state index in [9.17, 15) is 35.2 Å². The summed E-state index contributed by atoms with van der Waals surface area (Å²) >= 11 is 0. The number of carbonyl (C=O) groups excluding carboxylic acids is 1. The van der Waals surface area contributed by atoms with Crippen molar-refractivity contribution in [1.82, 2.24) is 9.55 Å². The van der Waals surface area contributed by atoms with Crippen molar-refractivity contribution in [2.45, 2.75) is 67.4 Å². The Morgan fingerprint density at radius 3 is 2.38 bits per heavy atom. The predicted molar refractivity (Wildman–Crippen MR) is 138 cm³/mol. The molecule has 1 unspecified atom stereocenters. The summed E-state index contributed by atoms with van der Waals surface area (Å²) in [6, 6.07) is 7.88. The molecular formula is C29H29F5N2O3S. The number of sulfone groups is 1. The van der Waals surface area contributed by atoms with Gasteiger partial charge >= 0.3 is 6.18 Å². The minimum atomic E-state index is -5.15. The molecule has 0 radical (unpaired) electrons. The molecule has 0 spiro atoms. The third-order valence-electron chi connectivity index (χ3n) is 8.85. The summed E-state index contributed by atoms with van der Waals surface area (Å²) in [5.41, 5.74) is -2.55. The molecule has 0 amide bonds. The largest absolute Gasteiger partial charge is 0.426 e. The quantitative estimate of drug-likeness (QED) is 0.189. The number of hydrogen-bond acceptors (Lipinski definition) is 4. The first kappa shape index (κ1) is 28.4. The van der Waals surface area contributed by atoms with Crippen LogP contribution in [0.3, 0.4) is 0 Å². The Balaban J connectivity index is 1.63. The molecule has 5 rings (SSSR count). The smallest absolute Gasteiger partial charge is 0.331 e. The molecule has 0 bridgehead atoms. The number of aromatic nitrogens is 2. The SMILES string of the molecule is Cc1ncn(C)c1C(=O)C[C@@H]1CC[C@@]2(S(=O)(=O)c3ccc(F)cc3)c3ccc(C(C)(F)C(F)(F)F)cc3CC[C@@H]12. The van der Waals surface area contributed by atoms with E-state index in [-0.39, 0.29) is 42.3 Å². The van der Waals surface area contributed by atoms with E-state index in [1.54, 1.807) is 18.5 Å². The molecule has 0 aliphatic heterocycles. The first-order valence-corrected chi connectivity index (χ1v) is 14.5. The fraction of sp³-hybridized carbons (Fsp3) is 0.448. The van der Waals surface area contributed by atoms with Crippen molar-refractivity contribution in [1.29, 1.82) is 0 Å². The van der Waals surface area contributed by atoms with Crippen molar-refractivity contribution in [3.8, 4) is 0 Å². The van der Waals surface area contributed by atoms with Crippen molar-refractivity contribution in [3.05, 3.63) is 82.7 Å². The molecule has 2 aliphatic carbocycles. The molecule has 2 aliphatic rings. The number of Topliss-reactive ketones (excluding diaryl/α,β-unsaturated/α-hetero) is 1. The topological polar surface area (TPSA) is 69.0 Å². The number of nitrogens with zero attached hydrogens (tertiary/aromatic N) is 2. The second kappa shape index (κ2) is 9.49. The lowest BCUT2D eigenvalue weighted by molar-refractivity contribution is -0.228. The van der Waals surface area contributed by atoms with Gasteiger partial charge in [0.25, 0.3) is 0 Å². The van der Waals surface area contributed by atoms with Crippen LogP contribution >= 0.6 is 0 Å². The van der Waals surface area contributed by atoms with E-state index < -0.39 is 43.7 Å². The molecule has 4 atom stereocenters. The minimum absolute atomic E-state index is 0.0791. The highest BCUT2D eigenvalue weighted by atomic mass is 32.2. The number of fused-ring (bicyclic) bond motifs is 3. The van der Waals surface area contributed by atoms with Gasteiger partial charge in [0, 0.05) is 13.5 Å². The Morgan fingerprint density at radius 1 is 1.10 bits per heavy atom. The molecular weight excluding hydrogens is 551 g/mol. The van der Waals surface area contributed by atoms with Crippen LogP contribution in [0.4, 0.5) is 22.0 Å². The monoisotopic (exact) mass is 580 g/mol. The van der Waals surface area contributed by atoms with Gasteiger partial charge in [0.1, 0.15) is 16.3 Å². The van der Waals surface area contributed by atoms with Gasteiger partial charge < -0.3 is 4.57 Å². The van der Waals surface area contributed by atoms with Gasteiger partial charge in [-0.1, -0.05) is 18.2 Å². The first-order chi connectivity index (χ1) is 18.6. The number of benzene rings is 2. The number of carbonyl (C=O) groups is 1. The molecule has 0 saturated heterocycles. The number of imidazole rings is 1. The molecule has 1 aromatic heterocycles. The second-order valence-corrected chi connectivity index (χ2v) is 13.3. The van der Waals surface area contributed by atoms with Gasteiger partial charge in [-0.3, -0.25) is 4.79 Å². The normalized spacial score (nSPS) is 24.3. The van der Waals surface area contributed by atoms with E-state index in [2.05, 4.69) is 4.98 Å². The molecule has 214 valence electrons. The number of aryl methyl sites for hydroxylation is 3. The van der Waals surface area contributed by atoms with E-state index in [0.717, 1.165) is 24.3 Å². The van der Waals surface area contributed by atoms with Crippen LogP contribution in [0.25, 0.3) is 0 Å². The van der Waals surface area contributed by atoms with E-state index in [4.69, 9.17) is 0 Å². The highest BCUT2D eigenvalue weighted by Gasteiger charge is 2.61. The number of hydrogen-bond donors (Lipinski definition) is 0. The summed E-state index contributed by atoms with van der Waals surface area (Å²) in [6.45, 7) is 2.17. The van der Waals surface area contributed by atoms with Crippen molar-refractivity contribution in [3.63, 3.8) is 0 Å². The van der Waals surface area contributed by atoms with E-state index in [1.807, 2.05) is 0 Å². The van der Waals surface area contributed by atoms with Crippen molar-refractivity contribution >= 4 is 15.6 Å². The fourth-order valence-electron chi connectivity index (χ4n) is 6.78. The standard InChI is InChI=1S/C29H29F5N2O3S/c1-17-26(36(3)16-35-17)25(37)15-19-12-13-28(40(38,39)22-8-6-21(30)7-9-22)23(19)10-4-18-14-20(5-11-24(18)28)27(2,31)29(32,33)34/h5-9,11,14,16,19,23H,4,10,12-13,15H2,1-3H3/t19-,23-,27?,28-/m0/s1. The van der Waals surface area contributed by atoms with Crippen LogP contribution < -0.4 is 0 Å². The lowest BCUT2D eigenvalue weighted by Gasteiger charge is -2.43. The van der Waals surface area contributed by atoms with Crippen LogP contribution in [0.5, 0.6) is 0 Å². The van der Waals surface area contributed by atoms with Crippen LogP contribution in [0.1, 0.15) is 65.5 Å². The predicted octanol–water partition coefficient (Wildman–Crippen LogP) is 6.53. The van der Waals surface area contributed by atoms with Gasteiger partial charge in [0.15, 0.2) is 15.6 Å². The highest BCUT2D eigenvalue weighted by Crippen LogP contribution is 2.60. The van der Waals surface area contributed by atoms with E-state index in [1.165, 1.54) is 24.5 Å². The van der Waals surface area contributed by atoms with Crippen LogP contribution in [0.15, 0.2) is 53.7 Å². The van der Waals surface area contributed by atoms with Gasteiger partial charge in [-0.25, -0.2) is 22.2 Å². The lowest BCUT2D eigenvalue weighted by Crippen LogP contribution is -2.45. The minimum Gasteiger partial charge on any atom is -0.331 e. The Kier molecular flexibility index (Phi) is 6.75. The fourth-order valence-corrected chi connectivity index (χ4v) is 9.28. The van der Waals surface area contributed by atoms with Gasteiger partial charge in [0.2, 0.25) is 5.67 Å². The van der Waals surface area contributed by atoms with Gasteiger partial charge in [-0.05, 0) is 92.3 Å². The Bertz CT molecular complexity index is 1560. The number of alkyl halides is 4. The van der Waals surface area contributed by atoms with Crippen LogP contribution in [-0.4, -0.2) is 29.9 Å². The molecule has 40 heavy (non-hydrogen) atoms. The summed E-state index contributed by atoms with van der Waals surface area (Å²) in [6.07, 6.45) is -2.51. The average molecular weight is 581 g/mol. The van der Waals surface area contributed by atoms with E-state index in [0.29, 0.717) is 35.9 Å². The van der Waals surface area contributed by atoms with Gasteiger partial charge in [-0.15, -0.1) is 0 Å². The summed E-state index contributed by atoms with van der Waals surface area (Å²) in [7, 11) is -2.51. The molecule has 5 nitrogen and oxygen atoms in total. The van der Waals surface area contributed by atoms with Crippen molar-refractivity contribution < 1.29 is 35.2 Å². The summed E-state index contributed by atoms with van der Waals surface area (Å²) < 4.78 is 97.9. The molecule has 1 heterocycles. The summed E-state index contributed by atoms with van der Waals surface area (Å²) in [4.78, 5) is 17.4. The zero-order valence-corrected chi connectivity index (χ0v) is 23.0. The molecule has 11 heteroatoms. The maximum Gasteiger partial charge on any atom is 0.426 e. The number of halogens is 5. The van der Waals surface area contributed by atoms with Crippen LogP contribution in [0, 0.1) is 24.6 Å². The average Bonchev–Trinajstić information content (AvgIpc) is 3.43. The zero-order chi connectivity index (χ0) is 29.3. The van der Waals surface area contributed by atoms with Crippen molar-refractivity contribution in [2.75, 3.05) is 0 Å². The third-order valence-corrected chi connectivity index (χ3v) is 11.4. The third kappa shape index (κ3) is 4.19. The first-order valence-electron chi connectivity index (χ1n) is 13.0. The number of rotatable bonds is 6. The summed E-state index contributed by atoms with van der Waals surface area (Å²) in [5, 5.41) is 0. The van der Waals surface area contributed by atoms with Gasteiger partial charge in [0.05, 0.1) is 16.9 Å². The Hall–Kier alpha value is -3.08. The maximum absolute atomic E-state index is 14.9. The Morgan fingerprint density at radius 2 is 1.77 bits per heavy atom. The number of ketones is 1. The highest BCUT2D eigenvalue weighted by molar-refractivity contribution is 7.92. The molecule has 2 aromatic carbocycles. The molecule has 0 N–H and O–H groups in total. The van der Waals surface area contributed by atoms with Crippen molar-refractivity contribution in [2.24, 2.45) is 18.9 Å². The maximum atomic E-state index is 14.9. The molecule has 3 aromatic rings. The molecule has 1 fully saturated rings.